The van der Waals surface area contributed by atoms with Gasteiger partial charge in [0.1, 0.15) is 6.17 Å². The number of thiophene rings is 1. The van der Waals surface area contributed by atoms with Crippen molar-refractivity contribution in [3.05, 3.63) is 22.4 Å². The molecular weight excluding hydrogens is 272 g/mol. The smallest absolute Gasteiger partial charge is 0.241 e. The van der Waals surface area contributed by atoms with Crippen molar-refractivity contribution in [1.29, 1.82) is 0 Å². The summed E-state index contributed by atoms with van der Waals surface area (Å²) in [4.78, 5) is 16.0. The zero-order valence-electron chi connectivity index (χ0n) is 12.0. The van der Waals surface area contributed by atoms with Crippen LogP contribution in [-0.4, -0.2) is 36.1 Å². The summed E-state index contributed by atoms with van der Waals surface area (Å²) in [6.45, 7) is 2.13. The van der Waals surface area contributed by atoms with Crippen LogP contribution in [0.2, 0.25) is 0 Å². The van der Waals surface area contributed by atoms with E-state index in [1.165, 1.54) is 4.88 Å². The van der Waals surface area contributed by atoms with Crippen LogP contribution in [0.4, 0.5) is 0 Å². The van der Waals surface area contributed by atoms with Crippen molar-refractivity contribution in [2.45, 2.75) is 57.0 Å². The summed E-state index contributed by atoms with van der Waals surface area (Å²) in [7, 11) is 1.75. The minimum Gasteiger partial charge on any atom is -0.381 e. The lowest BCUT2D eigenvalue weighted by Gasteiger charge is -2.42. The van der Waals surface area contributed by atoms with E-state index < -0.39 is 0 Å². The first-order valence-corrected chi connectivity index (χ1v) is 8.27. The Balaban J connectivity index is 1.78. The van der Waals surface area contributed by atoms with Crippen LogP contribution >= 0.6 is 11.3 Å². The molecular formula is C15H22N2O2S. The molecule has 20 heavy (non-hydrogen) atoms. The Bertz CT molecular complexity index is 456. The van der Waals surface area contributed by atoms with E-state index in [4.69, 9.17) is 4.74 Å². The number of rotatable bonds is 5. The summed E-state index contributed by atoms with van der Waals surface area (Å²) in [5.74, 6) is 0.268. The lowest BCUT2D eigenvalue weighted by atomic mass is 9.87. The van der Waals surface area contributed by atoms with Crippen LogP contribution in [0.15, 0.2) is 17.5 Å². The third-order valence-corrected chi connectivity index (χ3v) is 5.30. The van der Waals surface area contributed by atoms with E-state index in [-0.39, 0.29) is 18.1 Å². The molecule has 1 saturated heterocycles. The SMILES string of the molecule is CCCC1NC(c2cccs2)N(C2CC(OC)C2)C1=O. The molecule has 1 aromatic heterocycles. The summed E-state index contributed by atoms with van der Waals surface area (Å²) < 4.78 is 5.36. The van der Waals surface area contributed by atoms with Crippen LogP contribution in [-0.2, 0) is 9.53 Å². The van der Waals surface area contributed by atoms with E-state index in [0.717, 1.165) is 25.7 Å². The zero-order chi connectivity index (χ0) is 14.1. The Labute approximate surface area is 124 Å². The lowest BCUT2D eigenvalue weighted by Crippen LogP contribution is -2.50. The van der Waals surface area contributed by atoms with Crippen LogP contribution < -0.4 is 5.32 Å². The maximum Gasteiger partial charge on any atom is 0.241 e. The van der Waals surface area contributed by atoms with Gasteiger partial charge in [-0.15, -0.1) is 11.3 Å². The van der Waals surface area contributed by atoms with E-state index >= 15 is 0 Å². The maximum absolute atomic E-state index is 12.7. The topological polar surface area (TPSA) is 41.6 Å². The minimum atomic E-state index is -0.0197. The van der Waals surface area contributed by atoms with Crippen molar-refractivity contribution in [3.8, 4) is 0 Å². The van der Waals surface area contributed by atoms with E-state index in [1.807, 2.05) is 0 Å². The van der Waals surface area contributed by atoms with E-state index in [1.54, 1.807) is 18.4 Å². The first-order valence-electron chi connectivity index (χ1n) is 7.39. The first kappa shape index (κ1) is 14.0. The van der Waals surface area contributed by atoms with Gasteiger partial charge in [-0.1, -0.05) is 19.4 Å². The predicted octanol–water partition coefficient (Wildman–Crippen LogP) is 2.52. The number of amides is 1. The number of nitrogens with zero attached hydrogens (tertiary/aromatic N) is 1. The van der Waals surface area contributed by atoms with Crippen molar-refractivity contribution in [2.24, 2.45) is 0 Å². The van der Waals surface area contributed by atoms with Gasteiger partial charge in [0.25, 0.3) is 0 Å². The molecule has 2 atom stereocenters. The highest BCUT2D eigenvalue weighted by Gasteiger charge is 2.47. The average Bonchev–Trinajstić information content (AvgIpc) is 3.00. The molecule has 2 unspecified atom stereocenters. The molecule has 1 aliphatic heterocycles. The summed E-state index contributed by atoms with van der Waals surface area (Å²) in [5, 5.41) is 5.60. The molecule has 1 aromatic rings. The molecule has 110 valence electrons. The predicted molar refractivity (Wildman–Crippen MR) is 79.6 cm³/mol. The summed E-state index contributed by atoms with van der Waals surface area (Å²) in [5.41, 5.74) is 0. The standard InChI is InChI=1S/C15H22N2O2S/c1-3-5-12-15(18)17(10-8-11(9-10)19-2)14(16-12)13-6-4-7-20-13/h4,6-7,10-12,14,16H,3,5,8-9H2,1-2H3. The van der Waals surface area contributed by atoms with Gasteiger partial charge < -0.3 is 9.64 Å². The second kappa shape index (κ2) is 5.84. The highest BCUT2D eigenvalue weighted by atomic mass is 32.1. The summed E-state index contributed by atoms with van der Waals surface area (Å²) in [6, 6.07) is 4.47. The van der Waals surface area contributed by atoms with Crippen LogP contribution in [0.25, 0.3) is 0 Å². The number of hydrogen-bond acceptors (Lipinski definition) is 4. The molecule has 1 aliphatic carbocycles. The minimum absolute atomic E-state index is 0.0197. The molecule has 1 N–H and O–H groups in total. The fourth-order valence-corrected chi connectivity index (χ4v) is 3.94. The highest BCUT2D eigenvalue weighted by molar-refractivity contribution is 7.10. The molecule has 1 amide bonds. The molecule has 4 nitrogen and oxygen atoms in total. The summed E-state index contributed by atoms with van der Waals surface area (Å²) >= 11 is 1.72. The van der Waals surface area contributed by atoms with Gasteiger partial charge in [0.05, 0.1) is 12.1 Å². The Morgan fingerprint density at radius 3 is 2.90 bits per heavy atom. The maximum atomic E-state index is 12.7. The number of carbonyl (C=O) groups is 1. The molecule has 3 rings (SSSR count). The molecule has 0 aromatic carbocycles. The van der Waals surface area contributed by atoms with Crippen LogP contribution in [0.3, 0.4) is 0 Å². The van der Waals surface area contributed by atoms with E-state index in [0.29, 0.717) is 12.1 Å². The van der Waals surface area contributed by atoms with Crippen molar-refractivity contribution >= 4 is 17.2 Å². The fourth-order valence-electron chi connectivity index (χ4n) is 3.16. The normalized spacial score (nSPS) is 33.5. The van der Waals surface area contributed by atoms with Crippen molar-refractivity contribution in [1.82, 2.24) is 10.2 Å². The van der Waals surface area contributed by atoms with Crippen LogP contribution in [0.5, 0.6) is 0 Å². The second-order valence-corrected chi connectivity index (χ2v) is 6.63. The van der Waals surface area contributed by atoms with Gasteiger partial charge in [0.15, 0.2) is 0 Å². The Morgan fingerprint density at radius 2 is 2.30 bits per heavy atom. The van der Waals surface area contributed by atoms with E-state index in [2.05, 4.69) is 34.7 Å². The molecule has 0 spiro atoms. The molecule has 0 bridgehead atoms. The van der Waals surface area contributed by atoms with Gasteiger partial charge in [-0.3, -0.25) is 10.1 Å². The highest BCUT2D eigenvalue weighted by Crippen LogP contribution is 2.38. The number of ether oxygens (including phenoxy) is 1. The van der Waals surface area contributed by atoms with Gasteiger partial charge in [-0.25, -0.2) is 0 Å². The number of methoxy groups -OCH3 is 1. The third-order valence-electron chi connectivity index (χ3n) is 4.38. The second-order valence-electron chi connectivity index (χ2n) is 5.65. The first-order chi connectivity index (χ1) is 9.74. The van der Waals surface area contributed by atoms with Crippen LogP contribution in [0, 0.1) is 0 Å². The summed E-state index contributed by atoms with van der Waals surface area (Å²) in [6.07, 6.45) is 4.25. The van der Waals surface area contributed by atoms with Gasteiger partial charge >= 0.3 is 0 Å². The Morgan fingerprint density at radius 1 is 1.50 bits per heavy atom. The number of nitrogens with one attached hydrogen (secondary N) is 1. The van der Waals surface area contributed by atoms with Gasteiger partial charge in [-0.2, -0.15) is 0 Å². The average molecular weight is 294 g/mol. The number of hydrogen-bond donors (Lipinski definition) is 1. The van der Waals surface area contributed by atoms with Gasteiger partial charge in [-0.05, 0) is 30.7 Å². The molecule has 1 saturated carbocycles. The Kier molecular flexibility index (Phi) is 4.10. The monoisotopic (exact) mass is 294 g/mol. The van der Waals surface area contributed by atoms with E-state index in [9.17, 15) is 4.79 Å². The fraction of sp³-hybridized carbons (Fsp3) is 0.667. The van der Waals surface area contributed by atoms with Crippen molar-refractivity contribution < 1.29 is 9.53 Å². The Hall–Kier alpha value is -0.910. The largest absolute Gasteiger partial charge is 0.381 e. The van der Waals surface area contributed by atoms with Crippen molar-refractivity contribution in [2.75, 3.05) is 7.11 Å². The van der Waals surface area contributed by atoms with Crippen LogP contribution in [0.1, 0.15) is 43.6 Å². The van der Waals surface area contributed by atoms with Gasteiger partial charge in [0.2, 0.25) is 5.91 Å². The number of carbonyl (C=O) groups excluding carboxylic acids is 1. The quantitative estimate of drug-likeness (QED) is 0.907. The molecule has 2 aliphatic rings. The molecule has 2 fully saturated rings. The van der Waals surface area contributed by atoms with Gasteiger partial charge in [0, 0.05) is 18.0 Å². The van der Waals surface area contributed by atoms with Crippen molar-refractivity contribution in [3.63, 3.8) is 0 Å². The molecule has 0 radical (unpaired) electrons. The third kappa shape index (κ3) is 2.38. The lowest BCUT2D eigenvalue weighted by molar-refractivity contribution is -0.137. The zero-order valence-corrected chi connectivity index (χ0v) is 12.9. The molecule has 5 heteroatoms. The molecule has 2 heterocycles.